The molecule has 2 rings (SSSR count). The zero-order valence-electron chi connectivity index (χ0n) is 13.2. The van der Waals surface area contributed by atoms with E-state index in [1.165, 1.54) is 4.31 Å². The minimum atomic E-state index is -3.71. The summed E-state index contributed by atoms with van der Waals surface area (Å²) in [5, 5.41) is 0. The Morgan fingerprint density at radius 1 is 1.30 bits per heavy atom. The summed E-state index contributed by atoms with van der Waals surface area (Å²) in [5.41, 5.74) is 0.986. The molecule has 0 N–H and O–H groups in total. The van der Waals surface area contributed by atoms with Crippen molar-refractivity contribution in [3.05, 3.63) is 29.8 Å². The first-order valence-electron chi connectivity index (χ1n) is 7.84. The van der Waals surface area contributed by atoms with E-state index in [0.717, 1.165) is 18.4 Å². The number of esters is 1. The van der Waals surface area contributed by atoms with E-state index in [4.69, 9.17) is 16.3 Å². The molecule has 0 aliphatic carbocycles. The minimum absolute atomic E-state index is 0.201. The summed E-state index contributed by atoms with van der Waals surface area (Å²) in [5.74, 6) is 0.0258. The van der Waals surface area contributed by atoms with Crippen LogP contribution in [0, 0.1) is 0 Å². The molecule has 1 aromatic rings. The number of nitrogens with zero attached hydrogens (tertiary/aromatic N) is 1. The molecule has 0 aromatic heterocycles. The molecule has 0 spiro atoms. The summed E-state index contributed by atoms with van der Waals surface area (Å²) < 4.78 is 32.1. The van der Waals surface area contributed by atoms with Gasteiger partial charge in [0.2, 0.25) is 10.0 Å². The van der Waals surface area contributed by atoms with Gasteiger partial charge in [-0.05, 0) is 50.3 Å². The van der Waals surface area contributed by atoms with Crippen LogP contribution in [0.3, 0.4) is 0 Å². The van der Waals surface area contributed by atoms with Crippen LogP contribution in [-0.2, 0) is 26.0 Å². The number of rotatable bonds is 6. The van der Waals surface area contributed by atoms with E-state index in [-0.39, 0.29) is 11.5 Å². The second-order valence-corrected chi connectivity index (χ2v) is 7.73. The fraction of sp³-hybridized carbons (Fsp3) is 0.562. The van der Waals surface area contributed by atoms with Gasteiger partial charge in [0, 0.05) is 12.4 Å². The van der Waals surface area contributed by atoms with E-state index in [0.29, 0.717) is 25.3 Å². The summed E-state index contributed by atoms with van der Waals surface area (Å²) in [6.07, 6.45) is 2.77. The van der Waals surface area contributed by atoms with Gasteiger partial charge in [0.1, 0.15) is 6.04 Å². The van der Waals surface area contributed by atoms with Crippen molar-refractivity contribution in [2.24, 2.45) is 0 Å². The maximum atomic E-state index is 12.9. The van der Waals surface area contributed by atoms with Gasteiger partial charge in [-0.2, -0.15) is 4.31 Å². The monoisotopic (exact) mass is 359 g/mol. The molecule has 1 saturated heterocycles. The predicted molar refractivity (Wildman–Crippen MR) is 89.0 cm³/mol. The first kappa shape index (κ1) is 18.2. The normalized spacial score (nSPS) is 19.5. The van der Waals surface area contributed by atoms with Crippen LogP contribution in [-0.4, -0.2) is 43.8 Å². The van der Waals surface area contributed by atoms with Crippen LogP contribution in [0.4, 0.5) is 0 Å². The third kappa shape index (κ3) is 4.25. The SMILES string of the molecule is CCOC(=O)C1CCCCN1S(=O)(=O)c1ccc(CCCl)cc1. The van der Waals surface area contributed by atoms with Crippen LogP contribution in [0.15, 0.2) is 29.2 Å². The lowest BCUT2D eigenvalue weighted by atomic mass is 10.1. The van der Waals surface area contributed by atoms with Gasteiger partial charge in [-0.1, -0.05) is 12.1 Å². The number of sulfonamides is 1. The van der Waals surface area contributed by atoms with Gasteiger partial charge < -0.3 is 4.74 Å². The van der Waals surface area contributed by atoms with Crippen LogP contribution in [0.5, 0.6) is 0 Å². The highest BCUT2D eigenvalue weighted by Gasteiger charge is 2.38. The number of carbonyl (C=O) groups is 1. The maximum absolute atomic E-state index is 12.9. The van der Waals surface area contributed by atoms with E-state index < -0.39 is 22.0 Å². The van der Waals surface area contributed by atoms with E-state index in [1.54, 1.807) is 31.2 Å². The Morgan fingerprint density at radius 3 is 2.61 bits per heavy atom. The molecule has 0 radical (unpaired) electrons. The fourth-order valence-electron chi connectivity index (χ4n) is 2.74. The molecule has 128 valence electrons. The van der Waals surface area contributed by atoms with Crippen molar-refractivity contribution in [2.45, 2.75) is 43.5 Å². The van der Waals surface area contributed by atoms with Crippen LogP contribution in [0.2, 0.25) is 0 Å². The Kier molecular flexibility index (Phi) is 6.44. The zero-order chi connectivity index (χ0) is 16.9. The molecule has 1 fully saturated rings. The number of benzene rings is 1. The molecule has 23 heavy (non-hydrogen) atoms. The highest BCUT2D eigenvalue weighted by Crippen LogP contribution is 2.26. The average Bonchev–Trinajstić information content (AvgIpc) is 2.56. The quantitative estimate of drug-likeness (QED) is 0.578. The lowest BCUT2D eigenvalue weighted by molar-refractivity contribution is -0.148. The highest BCUT2D eigenvalue weighted by molar-refractivity contribution is 7.89. The lowest BCUT2D eigenvalue weighted by Crippen LogP contribution is -2.48. The molecule has 0 saturated carbocycles. The number of halogens is 1. The zero-order valence-corrected chi connectivity index (χ0v) is 14.8. The third-order valence-electron chi connectivity index (χ3n) is 3.93. The Hall–Kier alpha value is -1.11. The minimum Gasteiger partial charge on any atom is -0.465 e. The van der Waals surface area contributed by atoms with Crippen molar-refractivity contribution in [1.82, 2.24) is 4.31 Å². The van der Waals surface area contributed by atoms with Gasteiger partial charge >= 0.3 is 5.97 Å². The summed E-state index contributed by atoms with van der Waals surface area (Å²) in [6, 6.07) is 5.95. The second kappa shape index (κ2) is 8.13. The van der Waals surface area contributed by atoms with Crippen molar-refractivity contribution >= 4 is 27.6 Å². The van der Waals surface area contributed by atoms with Crippen LogP contribution in [0.25, 0.3) is 0 Å². The molecule has 1 unspecified atom stereocenters. The van der Waals surface area contributed by atoms with Gasteiger partial charge in [0.05, 0.1) is 11.5 Å². The van der Waals surface area contributed by atoms with Crippen LogP contribution < -0.4 is 0 Å². The Balaban J connectivity index is 2.26. The molecule has 5 nitrogen and oxygen atoms in total. The summed E-state index contributed by atoms with van der Waals surface area (Å²) in [7, 11) is -3.71. The van der Waals surface area contributed by atoms with Crippen molar-refractivity contribution < 1.29 is 17.9 Å². The molecule has 0 bridgehead atoms. The first-order chi connectivity index (χ1) is 11.0. The average molecular weight is 360 g/mol. The summed E-state index contributed by atoms with van der Waals surface area (Å²) >= 11 is 5.69. The van der Waals surface area contributed by atoms with Gasteiger partial charge in [0.25, 0.3) is 0 Å². The standard InChI is InChI=1S/C16H22ClNO4S/c1-2-22-16(19)15-5-3-4-12-18(15)23(20,21)14-8-6-13(7-9-14)10-11-17/h6-9,15H,2-5,10-12H2,1H3. The number of carbonyl (C=O) groups excluding carboxylic acids is 1. The van der Waals surface area contributed by atoms with E-state index in [9.17, 15) is 13.2 Å². The number of aryl methyl sites for hydroxylation is 1. The smallest absolute Gasteiger partial charge is 0.324 e. The molecule has 7 heteroatoms. The van der Waals surface area contributed by atoms with Gasteiger partial charge in [-0.15, -0.1) is 11.6 Å². The van der Waals surface area contributed by atoms with Crippen LogP contribution in [0.1, 0.15) is 31.7 Å². The Labute approximate surface area is 142 Å². The number of ether oxygens (including phenoxy) is 1. The topological polar surface area (TPSA) is 63.7 Å². The van der Waals surface area contributed by atoms with Crippen LogP contribution >= 0.6 is 11.6 Å². The summed E-state index contributed by atoms with van der Waals surface area (Å²) in [4.78, 5) is 12.3. The van der Waals surface area contributed by atoms with Crippen molar-refractivity contribution in [3.63, 3.8) is 0 Å². The van der Waals surface area contributed by atoms with E-state index in [2.05, 4.69) is 0 Å². The number of piperidine rings is 1. The summed E-state index contributed by atoms with van der Waals surface area (Å²) in [6.45, 7) is 2.31. The maximum Gasteiger partial charge on any atom is 0.324 e. The first-order valence-corrected chi connectivity index (χ1v) is 9.81. The van der Waals surface area contributed by atoms with Crippen molar-refractivity contribution in [3.8, 4) is 0 Å². The van der Waals surface area contributed by atoms with Crippen molar-refractivity contribution in [1.29, 1.82) is 0 Å². The van der Waals surface area contributed by atoms with E-state index in [1.807, 2.05) is 0 Å². The third-order valence-corrected chi connectivity index (χ3v) is 6.04. The second-order valence-electron chi connectivity index (χ2n) is 5.46. The van der Waals surface area contributed by atoms with E-state index >= 15 is 0 Å². The number of hydrogen-bond acceptors (Lipinski definition) is 4. The molecule has 1 atom stereocenters. The fourth-order valence-corrected chi connectivity index (χ4v) is 4.60. The molecule has 1 aliphatic heterocycles. The Bertz CT molecular complexity index is 630. The lowest BCUT2D eigenvalue weighted by Gasteiger charge is -2.32. The molecule has 1 aromatic carbocycles. The highest BCUT2D eigenvalue weighted by atomic mass is 35.5. The number of hydrogen-bond donors (Lipinski definition) is 0. The predicted octanol–water partition coefficient (Wildman–Crippen LogP) is 2.57. The molecular formula is C16H22ClNO4S. The molecule has 0 amide bonds. The van der Waals surface area contributed by atoms with Gasteiger partial charge in [-0.25, -0.2) is 8.42 Å². The van der Waals surface area contributed by atoms with Crippen molar-refractivity contribution in [2.75, 3.05) is 19.0 Å². The largest absolute Gasteiger partial charge is 0.465 e. The molecular weight excluding hydrogens is 338 g/mol. The molecule has 1 aliphatic rings. The van der Waals surface area contributed by atoms with Gasteiger partial charge in [-0.3, -0.25) is 4.79 Å². The van der Waals surface area contributed by atoms with Gasteiger partial charge in [0.15, 0.2) is 0 Å². The Morgan fingerprint density at radius 2 is 2.00 bits per heavy atom. The molecule has 1 heterocycles. The number of alkyl halides is 1.